The van der Waals surface area contributed by atoms with E-state index in [1.807, 2.05) is 32.0 Å². The van der Waals surface area contributed by atoms with E-state index in [0.717, 1.165) is 18.4 Å². The largest absolute Gasteiger partial charge is 0.479 e. The number of ether oxygens (including phenoxy) is 1. The molecule has 29 heavy (non-hydrogen) atoms. The maximum atomic E-state index is 13.1. The van der Waals surface area contributed by atoms with E-state index in [1.54, 1.807) is 11.0 Å². The molecular weight excluding hydrogens is 394 g/mol. The van der Waals surface area contributed by atoms with Crippen molar-refractivity contribution in [1.29, 1.82) is 0 Å². The summed E-state index contributed by atoms with van der Waals surface area (Å²) in [5.74, 6) is -0.246. The third-order valence-electron chi connectivity index (χ3n) is 4.87. The number of benzene rings is 1. The van der Waals surface area contributed by atoms with Crippen LogP contribution in [0.3, 0.4) is 0 Å². The number of nitrogens with one attached hydrogen (secondary N) is 1. The standard InChI is InChI=1S/C20H26ClN5O3/c1-13(2)22-18(27)15-8-6-10-25(11-15)19(28)17-20(29-3)26(24-23-17)12-14-7-4-5-9-16(14)21/h4-5,7,9,13,15H,6,8,10-12H2,1-3H3,(H,22,27). The zero-order valence-corrected chi connectivity index (χ0v) is 17.6. The molecule has 1 fully saturated rings. The van der Waals surface area contributed by atoms with Crippen LogP contribution < -0.4 is 10.1 Å². The maximum absolute atomic E-state index is 13.1. The summed E-state index contributed by atoms with van der Waals surface area (Å²) >= 11 is 6.23. The SMILES string of the molecule is COc1c(C(=O)N2CCCC(C(=O)NC(C)C)C2)nnn1Cc1ccccc1Cl. The zero-order chi connectivity index (χ0) is 21.0. The first-order valence-corrected chi connectivity index (χ1v) is 10.1. The van der Waals surface area contributed by atoms with Crippen LogP contribution in [0.15, 0.2) is 24.3 Å². The molecule has 1 aliphatic heterocycles. The van der Waals surface area contributed by atoms with Gasteiger partial charge in [-0.25, -0.2) is 4.68 Å². The second kappa shape index (κ2) is 9.26. The van der Waals surface area contributed by atoms with Crippen molar-refractivity contribution in [3.8, 4) is 5.88 Å². The van der Waals surface area contributed by atoms with Crippen molar-refractivity contribution in [2.24, 2.45) is 5.92 Å². The van der Waals surface area contributed by atoms with E-state index < -0.39 is 0 Å². The predicted molar refractivity (Wildman–Crippen MR) is 109 cm³/mol. The molecule has 0 bridgehead atoms. The summed E-state index contributed by atoms with van der Waals surface area (Å²) in [5, 5.41) is 11.7. The van der Waals surface area contributed by atoms with Gasteiger partial charge < -0.3 is 15.0 Å². The summed E-state index contributed by atoms with van der Waals surface area (Å²) < 4.78 is 6.95. The number of amides is 2. The number of likely N-dealkylation sites (tertiary alicyclic amines) is 1. The van der Waals surface area contributed by atoms with E-state index in [-0.39, 0.29) is 35.3 Å². The van der Waals surface area contributed by atoms with Crippen LogP contribution >= 0.6 is 11.6 Å². The first-order valence-electron chi connectivity index (χ1n) is 9.71. The fourth-order valence-electron chi connectivity index (χ4n) is 3.46. The minimum atomic E-state index is -0.283. The van der Waals surface area contributed by atoms with Crippen LogP contribution in [0.4, 0.5) is 0 Å². The van der Waals surface area contributed by atoms with Gasteiger partial charge in [-0.2, -0.15) is 0 Å². The van der Waals surface area contributed by atoms with E-state index in [4.69, 9.17) is 16.3 Å². The summed E-state index contributed by atoms with van der Waals surface area (Å²) in [7, 11) is 1.48. The number of nitrogens with zero attached hydrogens (tertiary/aromatic N) is 4. The second-order valence-corrected chi connectivity index (χ2v) is 7.86. The highest BCUT2D eigenvalue weighted by Crippen LogP contribution is 2.24. The molecule has 0 spiro atoms. The fraction of sp³-hybridized carbons (Fsp3) is 0.500. The molecule has 156 valence electrons. The molecule has 1 atom stereocenters. The van der Waals surface area contributed by atoms with Crippen molar-refractivity contribution >= 4 is 23.4 Å². The Morgan fingerprint density at radius 2 is 2.10 bits per heavy atom. The molecule has 1 saturated heterocycles. The summed E-state index contributed by atoms with van der Waals surface area (Å²) in [6.07, 6.45) is 1.52. The number of piperidine rings is 1. The summed E-state index contributed by atoms with van der Waals surface area (Å²) in [5.41, 5.74) is 0.990. The lowest BCUT2D eigenvalue weighted by atomic mass is 9.96. The number of halogens is 1. The third-order valence-corrected chi connectivity index (χ3v) is 5.24. The van der Waals surface area contributed by atoms with Gasteiger partial charge in [0.25, 0.3) is 5.91 Å². The minimum absolute atomic E-state index is 0.0214. The van der Waals surface area contributed by atoms with Crippen molar-refractivity contribution in [1.82, 2.24) is 25.2 Å². The Morgan fingerprint density at radius 1 is 1.34 bits per heavy atom. The lowest BCUT2D eigenvalue weighted by Gasteiger charge is -2.32. The Bertz CT molecular complexity index is 883. The van der Waals surface area contributed by atoms with Gasteiger partial charge in [0.1, 0.15) is 0 Å². The quantitative estimate of drug-likeness (QED) is 0.776. The number of hydrogen-bond donors (Lipinski definition) is 1. The highest BCUT2D eigenvalue weighted by molar-refractivity contribution is 6.31. The van der Waals surface area contributed by atoms with E-state index in [1.165, 1.54) is 11.8 Å². The normalized spacial score (nSPS) is 16.7. The summed E-state index contributed by atoms with van der Waals surface area (Å²) in [4.78, 5) is 27.1. The van der Waals surface area contributed by atoms with Gasteiger partial charge in [0.15, 0.2) is 0 Å². The van der Waals surface area contributed by atoms with Crippen molar-refractivity contribution < 1.29 is 14.3 Å². The van der Waals surface area contributed by atoms with Crippen molar-refractivity contribution in [2.75, 3.05) is 20.2 Å². The topological polar surface area (TPSA) is 89.3 Å². The number of carbonyl (C=O) groups is 2. The van der Waals surface area contributed by atoms with Crippen LogP contribution in [0.5, 0.6) is 5.88 Å². The molecule has 2 amide bonds. The molecule has 1 aromatic heterocycles. The van der Waals surface area contributed by atoms with Gasteiger partial charge in [0, 0.05) is 24.2 Å². The molecule has 1 aliphatic rings. The van der Waals surface area contributed by atoms with E-state index in [9.17, 15) is 9.59 Å². The number of aromatic nitrogens is 3. The first kappa shape index (κ1) is 21.1. The van der Waals surface area contributed by atoms with Crippen LogP contribution in [0, 0.1) is 5.92 Å². The number of carbonyl (C=O) groups excluding carboxylic acids is 2. The van der Waals surface area contributed by atoms with Gasteiger partial charge in [-0.15, -0.1) is 5.10 Å². The average Bonchev–Trinajstić information content (AvgIpc) is 3.11. The van der Waals surface area contributed by atoms with Gasteiger partial charge in [-0.3, -0.25) is 9.59 Å². The number of rotatable bonds is 6. The Labute approximate surface area is 175 Å². The van der Waals surface area contributed by atoms with Crippen molar-refractivity contribution in [3.05, 3.63) is 40.5 Å². The van der Waals surface area contributed by atoms with Crippen LogP contribution in [-0.2, 0) is 11.3 Å². The van der Waals surface area contributed by atoms with Gasteiger partial charge in [-0.05, 0) is 38.3 Å². The molecule has 2 heterocycles. The lowest BCUT2D eigenvalue weighted by Crippen LogP contribution is -2.46. The molecule has 2 aromatic rings. The van der Waals surface area contributed by atoms with Crippen LogP contribution in [0.25, 0.3) is 0 Å². The molecule has 8 nitrogen and oxygen atoms in total. The molecule has 9 heteroatoms. The molecule has 0 radical (unpaired) electrons. The Hall–Kier alpha value is -2.61. The molecule has 1 N–H and O–H groups in total. The molecule has 3 rings (SSSR count). The van der Waals surface area contributed by atoms with E-state index in [2.05, 4.69) is 15.6 Å². The molecule has 0 saturated carbocycles. The Kier molecular flexibility index (Phi) is 6.74. The smallest absolute Gasteiger partial charge is 0.280 e. The van der Waals surface area contributed by atoms with E-state index >= 15 is 0 Å². The highest BCUT2D eigenvalue weighted by Gasteiger charge is 2.32. The Balaban J connectivity index is 1.76. The van der Waals surface area contributed by atoms with Crippen molar-refractivity contribution in [3.63, 3.8) is 0 Å². The van der Waals surface area contributed by atoms with Crippen LogP contribution in [0.1, 0.15) is 42.7 Å². The van der Waals surface area contributed by atoms with Gasteiger partial charge in [0.2, 0.25) is 17.5 Å². The van der Waals surface area contributed by atoms with Crippen LogP contribution in [0.2, 0.25) is 5.02 Å². The Morgan fingerprint density at radius 3 is 2.79 bits per heavy atom. The van der Waals surface area contributed by atoms with Gasteiger partial charge in [-0.1, -0.05) is 35.0 Å². The first-order chi connectivity index (χ1) is 13.9. The van der Waals surface area contributed by atoms with E-state index in [0.29, 0.717) is 24.7 Å². The van der Waals surface area contributed by atoms with Gasteiger partial charge in [0.05, 0.1) is 19.6 Å². The average molecular weight is 420 g/mol. The lowest BCUT2D eigenvalue weighted by molar-refractivity contribution is -0.126. The summed E-state index contributed by atoms with van der Waals surface area (Å²) in [6, 6.07) is 7.47. The molecule has 0 aliphatic carbocycles. The van der Waals surface area contributed by atoms with Crippen molar-refractivity contribution in [2.45, 2.75) is 39.3 Å². The minimum Gasteiger partial charge on any atom is -0.479 e. The molecule has 1 aromatic carbocycles. The second-order valence-electron chi connectivity index (χ2n) is 7.45. The summed E-state index contributed by atoms with van der Waals surface area (Å²) in [6.45, 7) is 5.11. The third kappa shape index (κ3) is 4.87. The monoisotopic (exact) mass is 419 g/mol. The number of methoxy groups -OCH3 is 1. The highest BCUT2D eigenvalue weighted by atomic mass is 35.5. The van der Waals surface area contributed by atoms with Gasteiger partial charge >= 0.3 is 0 Å². The fourth-order valence-corrected chi connectivity index (χ4v) is 3.66. The van der Waals surface area contributed by atoms with Crippen LogP contribution in [-0.4, -0.2) is 57.9 Å². The molecule has 1 unspecified atom stereocenters. The zero-order valence-electron chi connectivity index (χ0n) is 16.9. The number of hydrogen-bond acceptors (Lipinski definition) is 5. The molecular formula is C20H26ClN5O3. The predicted octanol–water partition coefficient (Wildman–Crippen LogP) is 2.37. The maximum Gasteiger partial charge on any atom is 0.280 e.